The molecular weight excluding hydrogens is 360 g/mol. The zero-order valence-electron chi connectivity index (χ0n) is 14.9. The van der Waals surface area contributed by atoms with Crippen LogP contribution in [0, 0.1) is 11.6 Å². The first-order chi connectivity index (χ1) is 13.5. The van der Waals surface area contributed by atoms with E-state index < -0.39 is 23.6 Å². The van der Waals surface area contributed by atoms with Crippen molar-refractivity contribution in [2.75, 3.05) is 0 Å². The molecule has 0 saturated heterocycles. The number of benzene rings is 3. The van der Waals surface area contributed by atoms with Crippen LogP contribution in [0.4, 0.5) is 8.78 Å². The summed E-state index contributed by atoms with van der Waals surface area (Å²) in [6, 6.07) is 19.2. The van der Waals surface area contributed by atoms with Crippen LogP contribution in [-0.2, 0) is 4.79 Å². The number of carboxylic acid groups (broad SMARTS) is 1. The molecule has 0 bridgehead atoms. The van der Waals surface area contributed by atoms with Crippen molar-refractivity contribution in [2.24, 2.45) is 5.73 Å². The lowest BCUT2D eigenvalue weighted by Gasteiger charge is -2.14. The van der Waals surface area contributed by atoms with Gasteiger partial charge in [-0.25, -0.2) is 8.78 Å². The lowest BCUT2D eigenvalue weighted by atomic mass is 9.93. The monoisotopic (exact) mass is 378 g/mol. The number of hydrogen-bond donors (Lipinski definition) is 1. The molecular formula is C23H18F2NO2-. The molecule has 0 fully saturated rings. The fraction of sp³-hybridized carbons (Fsp3) is 0.0870. The predicted octanol–water partition coefficient (Wildman–Crippen LogP) is 3.53. The molecule has 3 rings (SSSR count). The Balaban J connectivity index is 2.01. The zero-order chi connectivity index (χ0) is 20.1. The molecule has 3 aromatic rings. The van der Waals surface area contributed by atoms with Crippen LogP contribution in [0.1, 0.15) is 17.5 Å². The highest BCUT2D eigenvalue weighted by molar-refractivity contribution is 5.82. The molecule has 0 aliphatic heterocycles. The highest BCUT2D eigenvalue weighted by atomic mass is 19.1. The lowest BCUT2D eigenvalue weighted by Crippen LogP contribution is -2.41. The Labute approximate surface area is 161 Å². The van der Waals surface area contributed by atoms with Gasteiger partial charge in [0, 0.05) is 17.7 Å². The maximum absolute atomic E-state index is 14.4. The fourth-order valence-corrected chi connectivity index (χ4v) is 2.91. The average molecular weight is 378 g/mol. The van der Waals surface area contributed by atoms with Gasteiger partial charge in [0.15, 0.2) is 0 Å². The van der Waals surface area contributed by atoms with Crippen molar-refractivity contribution in [1.29, 1.82) is 0 Å². The summed E-state index contributed by atoms with van der Waals surface area (Å²) in [5.74, 6) is -2.82. The molecule has 3 aromatic carbocycles. The van der Waals surface area contributed by atoms with E-state index in [2.05, 4.69) is 0 Å². The van der Waals surface area contributed by atoms with Gasteiger partial charge >= 0.3 is 0 Å². The van der Waals surface area contributed by atoms with Gasteiger partial charge in [-0.15, -0.1) is 0 Å². The molecule has 3 nitrogen and oxygen atoms in total. The van der Waals surface area contributed by atoms with Crippen molar-refractivity contribution in [3.05, 3.63) is 102 Å². The van der Waals surface area contributed by atoms with Gasteiger partial charge in [0.1, 0.15) is 11.6 Å². The van der Waals surface area contributed by atoms with Crippen molar-refractivity contribution in [1.82, 2.24) is 0 Å². The second kappa shape index (κ2) is 8.59. The molecule has 0 amide bonds. The number of rotatable bonds is 6. The summed E-state index contributed by atoms with van der Waals surface area (Å²) in [4.78, 5) is 10.9. The third-order valence-electron chi connectivity index (χ3n) is 4.40. The first-order valence-corrected chi connectivity index (χ1v) is 8.73. The Morgan fingerprint density at radius 3 is 2.21 bits per heavy atom. The molecule has 1 atom stereocenters. The topological polar surface area (TPSA) is 66.2 Å². The Morgan fingerprint density at radius 1 is 0.964 bits per heavy atom. The maximum atomic E-state index is 14.4. The molecule has 0 radical (unpaired) electrons. The molecule has 0 aromatic heterocycles. The summed E-state index contributed by atoms with van der Waals surface area (Å²) in [5, 5.41) is 10.9. The van der Waals surface area contributed by atoms with Crippen molar-refractivity contribution in [3.8, 4) is 11.1 Å². The normalized spacial score (nSPS) is 12.6. The van der Waals surface area contributed by atoms with E-state index in [0.29, 0.717) is 11.1 Å². The minimum Gasteiger partial charge on any atom is -0.548 e. The Kier molecular flexibility index (Phi) is 5.96. The molecule has 0 aliphatic carbocycles. The molecule has 0 aliphatic rings. The van der Waals surface area contributed by atoms with E-state index in [1.165, 1.54) is 12.1 Å². The Hall–Kier alpha value is -3.31. The number of carbonyl (C=O) groups is 1. The number of carbonyl (C=O) groups excluding carboxylic acids is 1. The second-order valence-corrected chi connectivity index (χ2v) is 6.35. The highest BCUT2D eigenvalue weighted by Crippen LogP contribution is 2.29. The highest BCUT2D eigenvalue weighted by Gasteiger charge is 2.13. The van der Waals surface area contributed by atoms with Crippen LogP contribution in [0.2, 0.25) is 0 Å². The third-order valence-corrected chi connectivity index (χ3v) is 4.40. The van der Waals surface area contributed by atoms with Crippen molar-refractivity contribution in [3.63, 3.8) is 0 Å². The number of carboxylic acids is 1. The van der Waals surface area contributed by atoms with Crippen LogP contribution in [0.25, 0.3) is 16.7 Å². The molecule has 2 N–H and O–H groups in total. The van der Waals surface area contributed by atoms with Gasteiger partial charge in [-0.1, -0.05) is 60.7 Å². The van der Waals surface area contributed by atoms with Crippen LogP contribution in [0.5, 0.6) is 0 Å². The largest absolute Gasteiger partial charge is 0.548 e. The van der Waals surface area contributed by atoms with E-state index in [-0.39, 0.29) is 12.0 Å². The van der Waals surface area contributed by atoms with E-state index in [0.717, 1.165) is 23.3 Å². The third kappa shape index (κ3) is 4.50. The van der Waals surface area contributed by atoms with Crippen LogP contribution >= 0.6 is 0 Å². The van der Waals surface area contributed by atoms with E-state index >= 15 is 0 Å². The zero-order valence-corrected chi connectivity index (χ0v) is 14.9. The molecule has 5 heteroatoms. The summed E-state index contributed by atoms with van der Waals surface area (Å²) < 4.78 is 27.7. The Morgan fingerprint density at radius 2 is 1.61 bits per heavy atom. The van der Waals surface area contributed by atoms with E-state index in [4.69, 9.17) is 5.73 Å². The molecule has 0 heterocycles. The summed E-state index contributed by atoms with van der Waals surface area (Å²) >= 11 is 0. The van der Waals surface area contributed by atoms with Gasteiger partial charge in [0.25, 0.3) is 0 Å². The van der Waals surface area contributed by atoms with Gasteiger partial charge in [0.05, 0.1) is 5.97 Å². The van der Waals surface area contributed by atoms with Crippen LogP contribution in [-0.4, -0.2) is 12.0 Å². The molecule has 0 spiro atoms. The van der Waals surface area contributed by atoms with Crippen molar-refractivity contribution < 1.29 is 18.7 Å². The van der Waals surface area contributed by atoms with Crippen molar-refractivity contribution in [2.45, 2.75) is 12.5 Å². The Bertz CT molecular complexity index is 999. The van der Waals surface area contributed by atoms with Crippen molar-refractivity contribution >= 4 is 11.5 Å². The van der Waals surface area contributed by atoms with Gasteiger partial charge in [-0.05, 0) is 40.8 Å². The molecule has 142 valence electrons. The number of hydrogen-bond acceptors (Lipinski definition) is 3. The summed E-state index contributed by atoms with van der Waals surface area (Å²) in [6.07, 6.45) is 1.49. The number of halogens is 2. The number of aliphatic carboxylic acids is 1. The predicted molar refractivity (Wildman–Crippen MR) is 103 cm³/mol. The van der Waals surface area contributed by atoms with Gasteiger partial charge in [0.2, 0.25) is 0 Å². The molecule has 0 saturated carbocycles. The summed E-state index contributed by atoms with van der Waals surface area (Å²) in [7, 11) is 0. The van der Waals surface area contributed by atoms with Crippen LogP contribution < -0.4 is 10.8 Å². The minimum absolute atomic E-state index is 0.0467. The van der Waals surface area contributed by atoms with E-state index in [9.17, 15) is 18.7 Å². The first-order valence-electron chi connectivity index (χ1n) is 8.73. The van der Waals surface area contributed by atoms with Crippen LogP contribution in [0.3, 0.4) is 0 Å². The van der Waals surface area contributed by atoms with Gasteiger partial charge in [-0.2, -0.15) is 0 Å². The standard InChI is InChI=1S/C23H19F2NO2/c24-18-10-11-20(21(25)14-18)19(12-13-22(26)23(27)28)17-8-6-16(7-9-17)15-4-2-1-3-5-15/h1-12,14,22H,13,26H2,(H,27,28)/p-1/b19-12+. The van der Waals surface area contributed by atoms with Crippen LogP contribution in [0.15, 0.2) is 78.9 Å². The van der Waals surface area contributed by atoms with Gasteiger partial charge in [-0.3, -0.25) is 0 Å². The molecule has 1 unspecified atom stereocenters. The first kappa shape index (κ1) is 19.5. The quantitative estimate of drug-likeness (QED) is 0.714. The lowest BCUT2D eigenvalue weighted by molar-refractivity contribution is -0.307. The minimum atomic E-state index is -1.39. The average Bonchev–Trinajstić information content (AvgIpc) is 2.70. The smallest absolute Gasteiger partial charge is 0.133 e. The maximum Gasteiger partial charge on any atom is 0.133 e. The fourth-order valence-electron chi connectivity index (χ4n) is 2.91. The summed E-state index contributed by atoms with van der Waals surface area (Å²) in [6.45, 7) is 0. The van der Waals surface area contributed by atoms with E-state index in [1.807, 2.05) is 54.6 Å². The number of nitrogens with two attached hydrogens (primary N) is 1. The summed E-state index contributed by atoms with van der Waals surface area (Å²) in [5.41, 5.74) is 8.81. The van der Waals surface area contributed by atoms with Gasteiger partial charge < -0.3 is 15.6 Å². The van der Waals surface area contributed by atoms with E-state index in [1.54, 1.807) is 0 Å². The second-order valence-electron chi connectivity index (χ2n) is 6.35. The SMILES string of the molecule is NC(C/C=C(\c1ccc(-c2ccccc2)cc1)c1ccc(F)cc1F)C(=O)[O-]. The molecule has 28 heavy (non-hydrogen) atoms.